The van der Waals surface area contributed by atoms with Crippen molar-refractivity contribution in [2.75, 3.05) is 6.61 Å². The second-order valence-corrected chi connectivity index (χ2v) is 1.90. The van der Waals surface area contributed by atoms with E-state index in [1.165, 1.54) is 0 Å². The molecule has 3 heteroatoms. The molecule has 3 nitrogen and oxygen atoms in total. The molecule has 0 atom stereocenters. The maximum absolute atomic E-state index is 5.08. The predicted molar refractivity (Wildman–Crippen MR) is 43.3 cm³/mol. The molecule has 0 unspecified atom stereocenters. The van der Waals surface area contributed by atoms with Gasteiger partial charge in [0.15, 0.2) is 0 Å². The largest absolute Gasteiger partial charge is 0.464 e. The van der Waals surface area contributed by atoms with Crippen molar-refractivity contribution in [2.45, 2.75) is 6.92 Å². The van der Waals surface area contributed by atoms with Crippen LogP contribution >= 0.6 is 0 Å². The molecule has 11 heavy (non-hydrogen) atoms. The fourth-order valence-electron chi connectivity index (χ4n) is 0.666. The summed E-state index contributed by atoms with van der Waals surface area (Å²) in [6.45, 7) is 6.06. The minimum absolute atomic E-state index is 0.407. The summed E-state index contributed by atoms with van der Waals surface area (Å²) >= 11 is 0. The summed E-state index contributed by atoms with van der Waals surface area (Å²) in [5.41, 5.74) is 0.781. The molecular weight excluding hydrogens is 140 g/mol. The van der Waals surface area contributed by atoms with Gasteiger partial charge in [0, 0.05) is 6.20 Å². The highest BCUT2D eigenvalue weighted by Crippen LogP contribution is 2.02. The number of ether oxygens (including phenoxy) is 1. The fourth-order valence-corrected chi connectivity index (χ4v) is 0.666. The molecule has 1 aromatic heterocycles. The van der Waals surface area contributed by atoms with E-state index in [9.17, 15) is 0 Å². The lowest BCUT2D eigenvalue weighted by atomic mass is 10.4. The molecule has 0 bridgehead atoms. The minimum atomic E-state index is 0.407. The van der Waals surface area contributed by atoms with Gasteiger partial charge >= 0.3 is 6.01 Å². The lowest BCUT2D eigenvalue weighted by Crippen LogP contribution is -1.97. The normalized spacial score (nSPS) is 9.18. The van der Waals surface area contributed by atoms with Crippen LogP contribution in [0, 0.1) is 0 Å². The maximum Gasteiger partial charge on any atom is 0.316 e. The van der Waals surface area contributed by atoms with Crippen LogP contribution in [0.15, 0.2) is 18.8 Å². The van der Waals surface area contributed by atoms with Gasteiger partial charge < -0.3 is 4.74 Å². The molecular formula is C8H10N2O. The van der Waals surface area contributed by atoms with E-state index in [1.807, 2.05) is 6.92 Å². The topological polar surface area (TPSA) is 35.0 Å². The van der Waals surface area contributed by atoms with Gasteiger partial charge in [-0.05, 0) is 19.1 Å². The Morgan fingerprint density at radius 2 is 2.55 bits per heavy atom. The van der Waals surface area contributed by atoms with E-state index < -0.39 is 0 Å². The van der Waals surface area contributed by atoms with Crippen LogP contribution in [0.1, 0.15) is 12.6 Å². The zero-order valence-electron chi connectivity index (χ0n) is 6.45. The molecule has 0 fully saturated rings. The van der Waals surface area contributed by atoms with Crippen molar-refractivity contribution >= 4 is 6.08 Å². The Balaban J connectivity index is 2.82. The summed E-state index contributed by atoms with van der Waals surface area (Å²) in [6.07, 6.45) is 3.30. The Kier molecular flexibility index (Phi) is 2.60. The van der Waals surface area contributed by atoms with Crippen LogP contribution in [0.3, 0.4) is 0 Å². The molecule has 0 saturated heterocycles. The summed E-state index contributed by atoms with van der Waals surface area (Å²) in [6, 6.07) is 2.18. The summed E-state index contributed by atoms with van der Waals surface area (Å²) in [7, 11) is 0. The Morgan fingerprint density at radius 3 is 3.18 bits per heavy atom. The third-order valence-corrected chi connectivity index (χ3v) is 1.14. The Hall–Kier alpha value is -1.38. The Morgan fingerprint density at radius 1 is 1.73 bits per heavy atom. The zero-order valence-corrected chi connectivity index (χ0v) is 6.45. The van der Waals surface area contributed by atoms with Crippen molar-refractivity contribution < 1.29 is 4.74 Å². The van der Waals surface area contributed by atoms with Crippen LogP contribution in [0.25, 0.3) is 6.08 Å². The molecule has 0 aliphatic heterocycles. The van der Waals surface area contributed by atoms with Crippen molar-refractivity contribution in [3.05, 3.63) is 24.5 Å². The van der Waals surface area contributed by atoms with Crippen molar-refractivity contribution in [3.8, 4) is 6.01 Å². The lowest BCUT2D eigenvalue weighted by molar-refractivity contribution is 0.312. The molecule has 0 radical (unpaired) electrons. The minimum Gasteiger partial charge on any atom is -0.464 e. The first-order chi connectivity index (χ1) is 5.36. The first-order valence-electron chi connectivity index (χ1n) is 3.45. The van der Waals surface area contributed by atoms with E-state index in [0.717, 1.165) is 5.69 Å². The van der Waals surface area contributed by atoms with Gasteiger partial charge in [-0.1, -0.05) is 6.58 Å². The molecule has 1 aromatic rings. The average Bonchev–Trinajstić information content (AvgIpc) is 2.06. The molecule has 1 heterocycles. The smallest absolute Gasteiger partial charge is 0.316 e. The molecule has 0 spiro atoms. The average molecular weight is 150 g/mol. The van der Waals surface area contributed by atoms with Gasteiger partial charge in [0.1, 0.15) is 0 Å². The van der Waals surface area contributed by atoms with E-state index in [0.29, 0.717) is 12.6 Å². The predicted octanol–water partition coefficient (Wildman–Crippen LogP) is 1.52. The summed E-state index contributed by atoms with van der Waals surface area (Å²) < 4.78 is 5.08. The van der Waals surface area contributed by atoms with Gasteiger partial charge in [-0.3, -0.25) is 0 Å². The van der Waals surface area contributed by atoms with E-state index >= 15 is 0 Å². The van der Waals surface area contributed by atoms with Gasteiger partial charge in [0.05, 0.1) is 12.3 Å². The number of hydrogen-bond acceptors (Lipinski definition) is 3. The highest BCUT2D eigenvalue weighted by atomic mass is 16.5. The monoisotopic (exact) mass is 150 g/mol. The second kappa shape index (κ2) is 3.71. The first-order valence-corrected chi connectivity index (χ1v) is 3.45. The second-order valence-electron chi connectivity index (χ2n) is 1.90. The van der Waals surface area contributed by atoms with Gasteiger partial charge in [-0.2, -0.15) is 4.98 Å². The van der Waals surface area contributed by atoms with Crippen LogP contribution in [0.2, 0.25) is 0 Å². The van der Waals surface area contributed by atoms with Gasteiger partial charge in [0.25, 0.3) is 0 Å². The third kappa shape index (κ3) is 2.04. The number of nitrogens with zero attached hydrogens (tertiary/aromatic N) is 2. The van der Waals surface area contributed by atoms with Gasteiger partial charge in [-0.25, -0.2) is 4.98 Å². The van der Waals surface area contributed by atoms with Crippen LogP contribution in [-0.2, 0) is 0 Å². The number of hydrogen-bond donors (Lipinski definition) is 0. The van der Waals surface area contributed by atoms with E-state index in [2.05, 4.69) is 16.5 Å². The molecule has 0 N–H and O–H groups in total. The highest BCUT2D eigenvalue weighted by Gasteiger charge is 1.94. The van der Waals surface area contributed by atoms with Crippen LogP contribution in [0.5, 0.6) is 6.01 Å². The van der Waals surface area contributed by atoms with Crippen LogP contribution in [-0.4, -0.2) is 16.6 Å². The first kappa shape index (κ1) is 7.72. The zero-order chi connectivity index (χ0) is 8.10. The van der Waals surface area contributed by atoms with E-state index in [4.69, 9.17) is 4.74 Å². The van der Waals surface area contributed by atoms with Crippen molar-refractivity contribution in [1.29, 1.82) is 0 Å². The van der Waals surface area contributed by atoms with E-state index in [-0.39, 0.29) is 0 Å². The number of rotatable bonds is 3. The third-order valence-electron chi connectivity index (χ3n) is 1.14. The fraction of sp³-hybridized carbons (Fsp3) is 0.250. The lowest BCUT2D eigenvalue weighted by Gasteiger charge is -1.99. The van der Waals surface area contributed by atoms with Crippen LogP contribution in [0.4, 0.5) is 0 Å². The highest BCUT2D eigenvalue weighted by molar-refractivity contribution is 5.40. The molecule has 0 amide bonds. The SMILES string of the molecule is C=Cc1ccnc(OCC)n1. The molecule has 0 saturated carbocycles. The van der Waals surface area contributed by atoms with Crippen molar-refractivity contribution in [3.63, 3.8) is 0 Å². The molecule has 0 aliphatic carbocycles. The molecule has 0 aliphatic rings. The van der Waals surface area contributed by atoms with Gasteiger partial charge in [0.2, 0.25) is 0 Å². The Bertz CT molecular complexity index is 248. The summed E-state index contributed by atoms with van der Waals surface area (Å²) in [4.78, 5) is 7.93. The Labute approximate surface area is 65.8 Å². The molecule has 1 rings (SSSR count). The molecule has 58 valence electrons. The van der Waals surface area contributed by atoms with Gasteiger partial charge in [-0.15, -0.1) is 0 Å². The molecule has 0 aromatic carbocycles. The summed E-state index contributed by atoms with van der Waals surface area (Å²) in [5, 5.41) is 0. The van der Waals surface area contributed by atoms with Crippen molar-refractivity contribution in [1.82, 2.24) is 9.97 Å². The van der Waals surface area contributed by atoms with E-state index in [1.54, 1.807) is 18.3 Å². The van der Waals surface area contributed by atoms with Crippen LogP contribution < -0.4 is 4.74 Å². The standard InChI is InChI=1S/C8H10N2O/c1-3-7-5-6-9-8(10-7)11-4-2/h3,5-6H,1,4H2,2H3. The van der Waals surface area contributed by atoms with Crippen molar-refractivity contribution in [2.24, 2.45) is 0 Å². The summed E-state index contributed by atoms with van der Waals surface area (Å²) in [5.74, 6) is 0. The quantitative estimate of drug-likeness (QED) is 0.655. The number of aromatic nitrogens is 2. The maximum atomic E-state index is 5.08.